The van der Waals surface area contributed by atoms with E-state index in [4.69, 9.17) is 4.74 Å². The summed E-state index contributed by atoms with van der Waals surface area (Å²) in [6.45, 7) is 2.22. The summed E-state index contributed by atoms with van der Waals surface area (Å²) in [7, 11) is 1.63. The number of hydrogen-bond donors (Lipinski definition) is 2. The number of nitrogens with zero attached hydrogens (tertiary/aromatic N) is 2. The molecule has 1 heterocycles. The summed E-state index contributed by atoms with van der Waals surface area (Å²) < 4.78 is 6.72. The average Bonchev–Trinajstić information content (AvgIpc) is 2.98. The van der Waals surface area contributed by atoms with Gasteiger partial charge in [0.15, 0.2) is 0 Å². The summed E-state index contributed by atoms with van der Waals surface area (Å²) in [5.41, 5.74) is 1.25. The van der Waals surface area contributed by atoms with Gasteiger partial charge in [-0.1, -0.05) is 30.3 Å². The predicted octanol–water partition coefficient (Wildman–Crippen LogP) is 1.72. The molecule has 2 N–H and O–H groups in total. The Hall–Kier alpha value is -1.89. The van der Waals surface area contributed by atoms with Crippen molar-refractivity contribution < 1.29 is 9.53 Å². The highest BCUT2D eigenvalue weighted by atomic mass is 35.5. The molecule has 0 atom stereocenters. The zero-order valence-corrected chi connectivity index (χ0v) is 14.0. The maximum atomic E-state index is 11.8. The lowest BCUT2D eigenvalue weighted by molar-refractivity contribution is -0.115. The Labute approximate surface area is 142 Å². The molecule has 1 aromatic heterocycles. The molecule has 0 spiro atoms. The molecule has 0 saturated heterocycles. The van der Waals surface area contributed by atoms with Crippen molar-refractivity contribution in [1.29, 1.82) is 0 Å². The molecule has 0 fully saturated rings. The Kier molecular flexibility index (Phi) is 8.97. The molecule has 2 rings (SSSR count). The number of carbonyl (C=O) groups excluding carboxylic acids is 1. The first-order valence-corrected chi connectivity index (χ1v) is 7.35. The van der Waals surface area contributed by atoms with Gasteiger partial charge in [0.05, 0.1) is 19.3 Å². The van der Waals surface area contributed by atoms with Crippen molar-refractivity contribution in [2.75, 3.05) is 32.1 Å². The topological polar surface area (TPSA) is 68.2 Å². The number of rotatable bonds is 9. The van der Waals surface area contributed by atoms with E-state index in [1.165, 1.54) is 5.56 Å². The van der Waals surface area contributed by atoms with Crippen LogP contribution >= 0.6 is 12.4 Å². The van der Waals surface area contributed by atoms with Crippen LogP contribution in [0.5, 0.6) is 0 Å². The number of amides is 1. The van der Waals surface area contributed by atoms with Gasteiger partial charge in [0.25, 0.3) is 0 Å². The highest BCUT2D eigenvalue weighted by Crippen LogP contribution is 2.08. The summed E-state index contributed by atoms with van der Waals surface area (Å²) in [5.74, 6) is 0.632. The van der Waals surface area contributed by atoms with E-state index in [0.29, 0.717) is 13.2 Å². The van der Waals surface area contributed by atoms with Crippen LogP contribution in [-0.2, 0) is 22.5 Å². The molecule has 1 amide bonds. The van der Waals surface area contributed by atoms with Crippen molar-refractivity contribution in [2.45, 2.75) is 13.0 Å². The standard InChI is InChI=1S/C16H22N4O2.ClH/c1-22-12-10-17-13-16(21)19-15-7-9-18-20(15)11-8-14-5-3-2-4-6-14;/h2-7,9,17H,8,10-13H2,1H3,(H,19,21);1H. The smallest absolute Gasteiger partial charge is 0.239 e. The number of aromatic nitrogens is 2. The second-order valence-corrected chi connectivity index (χ2v) is 4.89. The fraction of sp³-hybridized carbons (Fsp3) is 0.375. The van der Waals surface area contributed by atoms with Crippen molar-refractivity contribution in [2.24, 2.45) is 0 Å². The van der Waals surface area contributed by atoms with Gasteiger partial charge in [0, 0.05) is 26.3 Å². The van der Waals surface area contributed by atoms with E-state index >= 15 is 0 Å². The van der Waals surface area contributed by atoms with Crippen LogP contribution in [0.3, 0.4) is 0 Å². The third-order valence-corrected chi connectivity index (χ3v) is 3.21. The van der Waals surface area contributed by atoms with Crippen molar-refractivity contribution >= 4 is 24.1 Å². The monoisotopic (exact) mass is 338 g/mol. The Morgan fingerprint density at radius 3 is 2.78 bits per heavy atom. The molecule has 0 aliphatic heterocycles. The molecular weight excluding hydrogens is 316 g/mol. The maximum absolute atomic E-state index is 11.8. The molecule has 2 aromatic rings. The highest BCUT2D eigenvalue weighted by molar-refractivity contribution is 5.91. The van der Waals surface area contributed by atoms with Crippen molar-refractivity contribution in [3.05, 3.63) is 48.2 Å². The largest absolute Gasteiger partial charge is 0.383 e. The van der Waals surface area contributed by atoms with Crippen LogP contribution < -0.4 is 10.6 Å². The Bertz CT molecular complexity index is 574. The lowest BCUT2D eigenvalue weighted by Gasteiger charge is -2.09. The first-order valence-electron chi connectivity index (χ1n) is 7.35. The quantitative estimate of drug-likeness (QED) is 0.683. The Balaban J connectivity index is 0.00000264. The lowest BCUT2D eigenvalue weighted by atomic mass is 10.1. The van der Waals surface area contributed by atoms with E-state index in [0.717, 1.165) is 18.8 Å². The van der Waals surface area contributed by atoms with Gasteiger partial charge in [-0.25, -0.2) is 4.68 Å². The maximum Gasteiger partial charge on any atom is 0.239 e. The number of aryl methyl sites for hydroxylation is 2. The number of benzene rings is 1. The van der Waals surface area contributed by atoms with Crippen LogP contribution in [0, 0.1) is 0 Å². The normalized spacial score (nSPS) is 10.1. The summed E-state index contributed by atoms with van der Waals surface area (Å²) >= 11 is 0. The molecule has 0 saturated carbocycles. The number of ether oxygens (including phenoxy) is 1. The molecule has 1 aromatic carbocycles. The Morgan fingerprint density at radius 1 is 1.26 bits per heavy atom. The number of methoxy groups -OCH3 is 1. The first kappa shape index (κ1) is 19.2. The second-order valence-electron chi connectivity index (χ2n) is 4.89. The van der Waals surface area contributed by atoms with Crippen LogP contribution in [0.2, 0.25) is 0 Å². The van der Waals surface area contributed by atoms with Gasteiger partial charge in [-0.15, -0.1) is 12.4 Å². The van der Waals surface area contributed by atoms with Crippen molar-refractivity contribution in [1.82, 2.24) is 15.1 Å². The molecule has 6 nitrogen and oxygen atoms in total. The predicted molar refractivity (Wildman–Crippen MR) is 93.0 cm³/mol. The van der Waals surface area contributed by atoms with Crippen molar-refractivity contribution in [3.8, 4) is 0 Å². The molecule has 0 radical (unpaired) electrons. The molecule has 0 unspecified atom stereocenters. The fourth-order valence-electron chi connectivity index (χ4n) is 2.06. The highest BCUT2D eigenvalue weighted by Gasteiger charge is 2.07. The van der Waals surface area contributed by atoms with E-state index in [2.05, 4.69) is 27.9 Å². The molecule has 7 heteroatoms. The molecular formula is C16H23ClN4O2. The number of hydrogen-bond acceptors (Lipinski definition) is 4. The number of nitrogens with one attached hydrogen (secondary N) is 2. The van der Waals surface area contributed by atoms with Gasteiger partial charge < -0.3 is 15.4 Å². The number of anilines is 1. The molecule has 126 valence electrons. The van der Waals surface area contributed by atoms with Gasteiger partial charge in [-0.2, -0.15) is 5.10 Å². The van der Waals surface area contributed by atoms with Crippen molar-refractivity contribution in [3.63, 3.8) is 0 Å². The van der Waals surface area contributed by atoms with E-state index in [1.54, 1.807) is 24.1 Å². The number of carbonyl (C=O) groups is 1. The Morgan fingerprint density at radius 2 is 2.04 bits per heavy atom. The second kappa shape index (κ2) is 10.8. The van der Waals surface area contributed by atoms with E-state index in [9.17, 15) is 4.79 Å². The minimum Gasteiger partial charge on any atom is -0.383 e. The molecule has 0 aliphatic carbocycles. The van der Waals surface area contributed by atoms with E-state index < -0.39 is 0 Å². The first-order chi connectivity index (χ1) is 10.8. The van der Waals surface area contributed by atoms with Gasteiger partial charge >= 0.3 is 0 Å². The van der Waals surface area contributed by atoms with Crippen LogP contribution in [0.15, 0.2) is 42.6 Å². The van der Waals surface area contributed by atoms with Gasteiger partial charge in [0.2, 0.25) is 5.91 Å². The summed E-state index contributed by atoms with van der Waals surface area (Å²) in [6, 6.07) is 12.0. The van der Waals surface area contributed by atoms with Gasteiger partial charge in [-0.3, -0.25) is 4.79 Å². The van der Waals surface area contributed by atoms with Gasteiger partial charge in [0.1, 0.15) is 5.82 Å². The summed E-state index contributed by atoms with van der Waals surface area (Å²) in [4.78, 5) is 11.8. The average molecular weight is 339 g/mol. The van der Waals surface area contributed by atoms with Crippen LogP contribution in [0.25, 0.3) is 0 Å². The zero-order chi connectivity index (χ0) is 15.6. The molecule has 0 aliphatic rings. The fourth-order valence-corrected chi connectivity index (χ4v) is 2.06. The third kappa shape index (κ3) is 6.81. The number of halogens is 1. The molecule has 0 bridgehead atoms. The van der Waals surface area contributed by atoms with E-state index in [-0.39, 0.29) is 24.9 Å². The minimum atomic E-state index is -0.0856. The van der Waals surface area contributed by atoms with Gasteiger partial charge in [-0.05, 0) is 12.0 Å². The third-order valence-electron chi connectivity index (χ3n) is 3.21. The van der Waals surface area contributed by atoms with Crippen LogP contribution in [0.4, 0.5) is 5.82 Å². The van der Waals surface area contributed by atoms with Crippen LogP contribution in [0.1, 0.15) is 5.56 Å². The summed E-state index contributed by atoms with van der Waals surface area (Å²) in [6.07, 6.45) is 2.57. The molecule has 23 heavy (non-hydrogen) atoms. The minimum absolute atomic E-state index is 0. The zero-order valence-electron chi connectivity index (χ0n) is 13.2. The van der Waals surface area contributed by atoms with E-state index in [1.807, 2.05) is 18.2 Å². The lowest BCUT2D eigenvalue weighted by Crippen LogP contribution is -2.31. The SMILES string of the molecule is COCCNCC(=O)Nc1ccnn1CCc1ccccc1.Cl. The van der Waals surface area contributed by atoms with Crippen LogP contribution in [-0.4, -0.2) is 42.5 Å². The summed E-state index contributed by atoms with van der Waals surface area (Å²) in [5, 5.41) is 10.1.